The molecule has 4 rings (SSSR count). The van der Waals surface area contributed by atoms with Crippen LogP contribution in [-0.2, 0) is 22.5 Å². The van der Waals surface area contributed by atoms with E-state index in [1.165, 1.54) is 5.56 Å². The van der Waals surface area contributed by atoms with E-state index < -0.39 is 11.9 Å². The van der Waals surface area contributed by atoms with Gasteiger partial charge < -0.3 is 14.8 Å². The highest BCUT2D eigenvalue weighted by Crippen LogP contribution is 2.45. The average molecular weight is 468 g/mol. The normalized spacial score (nSPS) is 22.3. The fourth-order valence-corrected chi connectivity index (χ4v) is 4.74. The van der Waals surface area contributed by atoms with Crippen molar-refractivity contribution in [1.82, 2.24) is 10.2 Å². The molecule has 0 radical (unpaired) electrons. The van der Waals surface area contributed by atoms with E-state index in [1.807, 2.05) is 42.5 Å². The second-order valence-corrected chi connectivity index (χ2v) is 9.19. The molecule has 6 nitrogen and oxygen atoms in total. The Balaban J connectivity index is 1.13. The van der Waals surface area contributed by atoms with Crippen molar-refractivity contribution in [3.8, 4) is 11.8 Å². The lowest BCUT2D eigenvalue weighted by Crippen LogP contribution is -2.33. The smallest absolute Gasteiger partial charge is 0.323 e. The average Bonchev–Trinajstić information content (AvgIpc) is 3.28. The maximum absolute atomic E-state index is 11.8. The fourth-order valence-electron chi connectivity index (χ4n) is 4.61. The zero-order chi connectivity index (χ0) is 23.2. The number of carbonyl (C=O) groups excluding carboxylic acids is 1. The molecule has 0 spiro atoms. The molecule has 2 aromatic carbocycles. The van der Waals surface area contributed by atoms with Gasteiger partial charge >= 0.3 is 5.97 Å². The summed E-state index contributed by atoms with van der Waals surface area (Å²) in [7, 11) is 0. The third-order valence-electron chi connectivity index (χ3n) is 6.49. The first-order chi connectivity index (χ1) is 16.1. The number of ether oxygens (including phenoxy) is 2. The van der Waals surface area contributed by atoms with Crippen molar-refractivity contribution in [3.05, 3.63) is 64.7 Å². The molecule has 0 amide bonds. The molecule has 1 saturated carbocycles. The summed E-state index contributed by atoms with van der Waals surface area (Å²) >= 11 is 5.95. The minimum Gasteiger partial charge on any atom is -0.492 e. The maximum atomic E-state index is 11.8. The van der Waals surface area contributed by atoms with Gasteiger partial charge in [0.05, 0.1) is 12.7 Å². The molecule has 174 valence electrons. The number of likely N-dealkylation sites (tertiary alicyclic amines) is 1. The van der Waals surface area contributed by atoms with Crippen LogP contribution in [0.2, 0.25) is 5.02 Å². The molecule has 7 heteroatoms. The molecule has 4 atom stereocenters. The van der Waals surface area contributed by atoms with Crippen molar-refractivity contribution < 1.29 is 14.3 Å². The van der Waals surface area contributed by atoms with E-state index in [0.717, 1.165) is 54.4 Å². The van der Waals surface area contributed by atoms with Crippen molar-refractivity contribution in [2.75, 3.05) is 32.8 Å². The van der Waals surface area contributed by atoms with Crippen molar-refractivity contribution in [2.45, 2.75) is 25.9 Å². The molecule has 1 aliphatic carbocycles. The summed E-state index contributed by atoms with van der Waals surface area (Å²) in [5.74, 6) is 1.04. The van der Waals surface area contributed by atoms with Crippen LogP contribution in [0.15, 0.2) is 48.5 Å². The maximum Gasteiger partial charge on any atom is 0.323 e. The summed E-state index contributed by atoms with van der Waals surface area (Å²) < 4.78 is 10.9. The summed E-state index contributed by atoms with van der Waals surface area (Å²) in [5, 5.41) is 13.7. The standard InChI is InChI=1S/C26H30ClN3O3/c1-2-32-26(31)20(14-28)13-18-5-9-22(10-6-18)33-12-11-30-16-23-24(17-30)25(23)29-15-19-3-7-21(27)8-4-19/h3-10,20,23-25,29H,2,11-13,15-17H2,1H3/t20?,23-,24+,25?. The van der Waals surface area contributed by atoms with Crippen LogP contribution in [0.3, 0.4) is 0 Å². The van der Waals surface area contributed by atoms with E-state index in [4.69, 9.17) is 21.1 Å². The fraction of sp³-hybridized carbons (Fsp3) is 0.462. The number of hydrogen-bond donors (Lipinski definition) is 1. The van der Waals surface area contributed by atoms with Gasteiger partial charge in [-0.25, -0.2) is 0 Å². The number of benzene rings is 2. The quantitative estimate of drug-likeness (QED) is 0.508. The summed E-state index contributed by atoms with van der Waals surface area (Å²) in [6.45, 7) is 6.71. The number of hydrogen-bond acceptors (Lipinski definition) is 6. The molecule has 2 aromatic rings. The number of fused-ring (bicyclic) bond motifs is 1. The summed E-state index contributed by atoms with van der Waals surface area (Å²) in [6, 6.07) is 18.3. The molecule has 2 unspecified atom stereocenters. The highest BCUT2D eigenvalue weighted by atomic mass is 35.5. The van der Waals surface area contributed by atoms with Crippen molar-refractivity contribution in [2.24, 2.45) is 17.8 Å². The lowest BCUT2D eigenvalue weighted by Gasteiger charge is -2.20. The topological polar surface area (TPSA) is 74.6 Å². The van der Waals surface area contributed by atoms with Gasteiger partial charge in [-0.15, -0.1) is 0 Å². The van der Waals surface area contributed by atoms with Crippen LogP contribution in [0.5, 0.6) is 5.75 Å². The Hall–Kier alpha value is -2.59. The first-order valence-corrected chi connectivity index (χ1v) is 11.9. The van der Waals surface area contributed by atoms with Crippen LogP contribution in [0.4, 0.5) is 0 Å². The van der Waals surface area contributed by atoms with E-state index in [1.54, 1.807) is 6.92 Å². The molecule has 1 aliphatic heterocycles. The number of rotatable bonds is 11. The van der Waals surface area contributed by atoms with Crippen LogP contribution in [0.25, 0.3) is 0 Å². The number of nitrogens with one attached hydrogen (secondary N) is 1. The predicted molar refractivity (Wildman–Crippen MR) is 127 cm³/mol. The first-order valence-electron chi connectivity index (χ1n) is 11.6. The van der Waals surface area contributed by atoms with Crippen LogP contribution in [0, 0.1) is 29.1 Å². The number of halogens is 1. The Morgan fingerprint density at radius 1 is 1.15 bits per heavy atom. The molecule has 1 saturated heterocycles. The summed E-state index contributed by atoms with van der Waals surface area (Å²) in [6.07, 6.45) is 0.347. The predicted octanol–water partition coefficient (Wildman–Crippen LogP) is 3.68. The van der Waals surface area contributed by atoms with Gasteiger partial charge in [-0.05, 0) is 60.6 Å². The van der Waals surface area contributed by atoms with Crippen LogP contribution < -0.4 is 10.1 Å². The highest BCUT2D eigenvalue weighted by molar-refractivity contribution is 6.30. The minimum atomic E-state index is -0.775. The van der Waals surface area contributed by atoms with Gasteiger partial charge in [0.1, 0.15) is 18.3 Å². The molecule has 2 aliphatic rings. The van der Waals surface area contributed by atoms with Gasteiger partial charge in [0.2, 0.25) is 0 Å². The lowest BCUT2D eigenvalue weighted by molar-refractivity contribution is -0.145. The lowest BCUT2D eigenvalue weighted by atomic mass is 10.0. The summed E-state index contributed by atoms with van der Waals surface area (Å²) in [4.78, 5) is 14.3. The number of nitriles is 1. The van der Waals surface area contributed by atoms with Gasteiger partial charge in [-0.3, -0.25) is 9.69 Å². The van der Waals surface area contributed by atoms with Crippen LogP contribution >= 0.6 is 11.6 Å². The van der Waals surface area contributed by atoms with Gasteiger partial charge in [0.15, 0.2) is 0 Å². The summed E-state index contributed by atoms with van der Waals surface area (Å²) in [5.41, 5.74) is 2.18. The largest absolute Gasteiger partial charge is 0.492 e. The Morgan fingerprint density at radius 2 is 1.82 bits per heavy atom. The third kappa shape index (κ3) is 6.26. The Labute approximate surface area is 200 Å². The zero-order valence-corrected chi connectivity index (χ0v) is 19.6. The van der Waals surface area contributed by atoms with Crippen LogP contribution in [-0.4, -0.2) is 49.8 Å². The highest BCUT2D eigenvalue weighted by Gasteiger charge is 2.55. The van der Waals surface area contributed by atoms with Gasteiger partial charge in [0, 0.05) is 37.2 Å². The number of carbonyl (C=O) groups is 1. The van der Waals surface area contributed by atoms with Gasteiger partial charge in [-0.2, -0.15) is 5.26 Å². The molecule has 1 heterocycles. The van der Waals surface area contributed by atoms with E-state index in [0.29, 0.717) is 19.1 Å². The number of nitrogens with zero attached hydrogens (tertiary/aromatic N) is 2. The second kappa shape index (κ2) is 11.0. The van der Waals surface area contributed by atoms with E-state index in [9.17, 15) is 10.1 Å². The zero-order valence-electron chi connectivity index (χ0n) is 18.9. The SMILES string of the molecule is CCOC(=O)C(C#N)Cc1ccc(OCCN2C[C@@H]3C(NCc4ccc(Cl)cc4)[C@@H]3C2)cc1. The molecule has 0 bridgehead atoms. The van der Waals surface area contributed by atoms with E-state index >= 15 is 0 Å². The Bertz CT molecular complexity index is 962. The van der Waals surface area contributed by atoms with Crippen molar-refractivity contribution in [3.63, 3.8) is 0 Å². The number of piperidine rings is 1. The van der Waals surface area contributed by atoms with E-state index in [2.05, 4.69) is 22.3 Å². The van der Waals surface area contributed by atoms with Crippen molar-refractivity contribution >= 4 is 17.6 Å². The molecule has 33 heavy (non-hydrogen) atoms. The van der Waals surface area contributed by atoms with Gasteiger partial charge in [0.25, 0.3) is 0 Å². The number of esters is 1. The molecule has 1 N–H and O–H groups in total. The van der Waals surface area contributed by atoms with Gasteiger partial charge in [-0.1, -0.05) is 35.9 Å². The third-order valence-corrected chi connectivity index (χ3v) is 6.74. The van der Waals surface area contributed by atoms with Crippen molar-refractivity contribution in [1.29, 1.82) is 5.26 Å². The molecular formula is C26H30ClN3O3. The monoisotopic (exact) mass is 467 g/mol. The molecule has 2 fully saturated rings. The second-order valence-electron chi connectivity index (χ2n) is 8.75. The minimum absolute atomic E-state index is 0.281. The van der Waals surface area contributed by atoms with E-state index in [-0.39, 0.29) is 6.61 Å². The Kier molecular flexibility index (Phi) is 7.87. The Morgan fingerprint density at radius 3 is 2.45 bits per heavy atom. The first kappa shape index (κ1) is 23.6. The van der Waals surface area contributed by atoms with Crippen LogP contribution in [0.1, 0.15) is 18.1 Å². The molecular weight excluding hydrogens is 438 g/mol. The molecule has 0 aromatic heterocycles.